The number of nitrogens with zero attached hydrogens (tertiary/aromatic N) is 6. The van der Waals surface area contributed by atoms with Gasteiger partial charge in [0.15, 0.2) is 5.65 Å². The second-order valence-electron chi connectivity index (χ2n) is 8.60. The predicted molar refractivity (Wildman–Crippen MR) is 124 cm³/mol. The molecule has 1 aliphatic rings. The lowest BCUT2D eigenvalue weighted by Gasteiger charge is -2.19. The maximum Gasteiger partial charge on any atom is 0.405 e. The molecule has 14 heteroatoms. The number of hydrogen-bond donors (Lipinski definition) is 1. The molecule has 0 radical (unpaired) electrons. The van der Waals surface area contributed by atoms with Crippen molar-refractivity contribution in [1.29, 1.82) is 0 Å². The number of aromatic nitrogens is 5. The molecule has 3 aromatic heterocycles. The Morgan fingerprint density at radius 1 is 1.14 bits per heavy atom. The van der Waals surface area contributed by atoms with Gasteiger partial charge in [-0.15, -0.1) is 4.09 Å². The van der Waals surface area contributed by atoms with Crippen LogP contribution in [0.15, 0.2) is 53.9 Å². The molecule has 5 rings (SSSR count). The molecule has 1 unspecified atom stereocenters. The summed E-state index contributed by atoms with van der Waals surface area (Å²) < 4.78 is 66.8. The third-order valence-electron chi connectivity index (χ3n) is 6.38. The number of urea groups is 1. The van der Waals surface area contributed by atoms with E-state index in [9.17, 15) is 26.4 Å². The summed E-state index contributed by atoms with van der Waals surface area (Å²) in [5.74, 6) is -0.0506. The van der Waals surface area contributed by atoms with E-state index in [-0.39, 0.29) is 35.6 Å². The number of likely N-dealkylation sites (tertiary alicyclic amines) is 1. The topological polar surface area (TPSA) is 115 Å². The third kappa shape index (κ3) is 4.14. The summed E-state index contributed by atoms with van der Waals surface area (Å²) in [6, 6.07) is 6.80. The van der Waals surface area contributed by atoms with Gasteiger partial charge in [0.1, 0.15) is 12.1 Å². The Morgan fingerprint density at radius 2 is 1.89 bits per heavy atom. The van der Waals surface area contributed by atoms with E-state index in [1.165, 1.54) is 29.4 Å². The van der Waals surface area contributed by atoms with Crippen molar-refractivity contribution in [3.63, 3.8) is 0 Å². The maximum atomic E-state index is 13.2. The number of halogens is 3. The number of benzene rings is 1. The molecule has 10 nitrogen and oxygen atoms in total. The molecule has 1 aromatic carbocycles. The molecule has 190 valence electrons. The predicted octanol–water partition coefficient (Wildman–Crippen LogP) is 3.17. The second-order valence-corrected chi connectivity index (χ2v) is 10.4. The number of carbonyl (C=O) groups is 1. The van der Waals surface area contributed by atoms with Gasteiger partial charge in [-0.25, -0.2) is 14.8 Å². The molecule has 0 aliphatic carbocycles. The van der Waals surface area contributed by atoms with Crippen molar-refractivity contribution in [2.45, 2.75) is 30.5 Å². The van der Waals surface area contributed by atoms with Crippen LogP contribution in [0.4, 0.5) is 18.0 Å². The van der Waals surface area contributed by atoms with E-state index in [1.54, 1.807) is 24.5 Å². The van der Waals surface area contributed by atoms with E-state index in [0.29, 0.717) is 22.8 Å². The van der Waals surface area contributed by atoms with Crippen LogP contribution >= 0.6 is 0 Å². The van der Waals surface area contributed by atoms with Gasteiger partial charge in [0.05, 0.1) is 40.6 Å². The van der Waals surface area contributed by atoms with Gasteiger partial charge in [-0.2, -0.15) is 26.7 Å². The maximum absolute atomic E-state index is 13.2. The zero-order valence-corrected chi connectivity index (χ0v) is 19.9. The van der Waals surface area contributed by atoms with Crippen LogP contribution < -0.4 is 5.32 Å². The molecule has 4 aromatic rings. The molecule has 0 saturated carbocycles. The molecule has 0 bridgehead atoms. The highest BCUT2D eigenvalue weighted by Gasteiger charge is 2.38. The normalized spacial score (nSPS) is 18.8. The highest BCUT2D eigenvalue weighted by Crippen LogP contribution is 2.35. The number of hydrogen-bond acceptors (Lipinski definition) is 6. The summed E-state index contributed by atoms with van der Waals surface area (Å²) in [6.07, 6.45) is 0.616. The first-order chi connectivity index (χ1) is 17.1. The van der Waals surface area contributed by atoms with Crippen LogP contribution in [-0.2, 0) is 10.0 Å². The average molecular weight is 522 g/mol. The summed E-state index contributed by atoms with van der Waals surface area (Å²) in [7, 11) is -4.00. The Kier molecular flexibility index (Phi) is 5.85. The van der Waals surface area contributed by atoms with Gasteiger partial charge in [0, 0.05) is 13.1 Å². The molecule has 1 saturated heterocycles. The highest BCUT2D eigenvalue weighted by atomic mass is 32.2. The van der Waals surface area contributed by atoms with Crippen molar-refractivity contribution in [2.24, 2.45) is 5.92 Å². The minimum absolute atomic E-state index is 0.0506. The number of nitrogens with one attached hydrogen (secondary N) is 1. The van der Waals surface area contributed by atoms with E-state index in [4.69, 9.17) is 0 Å². The molecular weight excluding hydrogens is 499 g/mol. The summed E-state index contributed by atoms with van der Waals surface area (Å²) in [5.41, 5.74) is 1.23. The van der Waals surface area contributed by atoms with Gasteiger partial charge >= 0.3 is 12.2 Å². The minimum Gasteiger partial charge on any atom is -0.329 e. The molecule has 2 amide bonds. The van der Waals surface area contributed by atoms with Gasteiger partial charge in [0.25, 0.3) is 10.0 Å². The van der Waals surface area contributed by atoms with E-state index in [0.717, 1.165) is 4.09 Å². The highest BCUT2D eigenvalue weighted by molar-refractivity contribution is 7.90. The largest absolute Gasteiger partial charge is 0.405 e. The lowest BCUT2D eigenvalue weighted by atomic mass is 10.0. The van der Waals surface area contributed by atoms with Crippen molar-refractivity contribution >= 4 is 38.1 Å². The zero-order valence-electron chi connectivity index (χ0n) is 19.1. The Bertz CT molecular complexity index is 1530. The second kappa shape index (κ2) is 8.76. The number of amides is 2. The lowest BCUT2D eigenvalue weighted by molar-refractivity contribution is -0.123. The van der Waals surface area contributed by atoms with E-state index in [1.807, 2.05) is 16.8 Å². The fourth-order valence-corrected chi connectivity index (χ4v) is 5.87. The van der Waals surface area contributed by atoms with Gasteiger partial charge in [0.2, 0.25) is 0 Å². The zero-order chi connectivity index (χ0) is 25.7. The smallest absolute Gasteiger partial charge is 0.329 e. The molecular formula is C22H22F3N7O3S. The third-order valence-corrected chi connectivity index (χ3v) is 7.97. The summed E-state index contributed by atoms with van der Waals surface area (Å²) >= 11 is 0. The van der Waals surface area contributed by atoms with Gasteiger partial charge in [-0.05, 0) is 24.5 Å². The molecule has 1 N–H and O–H groups in total. The molecule has 1 aliphatic heterocycles. The number of alkyl halides is 3. The summed E-state index contributed by atoms with van der Waals surface area (Å²) in [4.78, 5) is 22.5. The van der Waals surface area contributed by atoms with E-state index >= 15 is 0 Å². The minimum atomic E-state index is -4.50. The Hall–Kier alpha value is -3.68. The number of rotatable bonds is 5. The van der Waals surface area contributed by atoms with Crippen molar-refractivity contribution in [3.05, 3.63) is 49.1 Å². The van der Waals surface area contributed by atoms with Crippen molar-refractivity contribution in [2.75, 3.05) is 19.6 Å². The number of carbonyl (C=O) groups excluding carboxylic acids is 1. The number of fused-ring (bicyclic) bond motifs is 3. The number of imidazole rings is 1. The van der Waals surface area contributed by atoms with Crippen LogP contribution in [0.2, 0.25) is 0 Å². The molecule has 1 fully saturated rings. The number of pyridine rings is 1. The van der Waals surface area contributed by atoms with E-state index < -0.39 is 28.8 Å². The quantitative estimate of drug-likeness (QED) is 0.432. The van der Waals surface area contributed by atoms with Crippen LogP contribution in [-0.4, -0.2) is 68.9 Å². The van der Waals surface area contributed by atoms with Gasteiger partial charge < -0.3 is 14.8 Å². The van der Waals surface area contributed by atoms with Gasteiger partial charge in [-0.1, -0.05) is 25.1 Å². The standard InChI is InChI=1S/C22H22F3N7O3S/c1-2-14-10-30(21(33)27-12-22(23,24)25)11-18(14)31-13-28-17-9-26-20-16(19(17)31)8-29-32(20)36(34,35)15-6-4-3-5-7-15/h3-9,13-14,18H,2,10-12H2,1H3,(H,27,33)/t14-,18?/m0/s1. The van der Waals surface area contributed by atoms with Crippen LogP contribution in [0.25, 0.3) is 22.1 Å². The SMILES string of the molecule is CC[C@H]1CN(C(=O)NCC(F)(F)F)CC1n1cnc2cnc3c(cnn3S(=O)(=O)c3ccccc3)c21. The fraction of sp³-hybridized carbons (Fsp3) is 0.364. The molecule has 0 spiro atoms. The monoisotopic (exact) mass is 521 g/mol. The first-order valence-corrected chi connectivity index (χ1v) is 12.6. The molecule has 4 heterocycles. The first-order valence-electron chi connectivity index (χ1n) is 11.2. The van der Waals surface area contributed by atoms with Crippen molar-refractivity contribution < 1.29 is 26.4 Å². The van der Waals surface area contributed by atoms with Gasteiger partial charge in [-0.3, -0.25) is 0 Å². The van der Waals surface area contributed by atoms with Crippen LogP contribution in [0.5, 0.6) is 0 Å². The Morgan fingerprint density at radius 3 is 2.58 bits per heavy atom. The van der Waals surface area contributed by atoms with E-state index in [2.05, 4.69) is 15.1 Å². The first kappa shape index (κ1) is 24.0. The van der Waals surface area contributed by atoms with Crippen molar-refractivity contribution in [1.82, 2.24) is 33.9 Å². The van der Waals surface area contributed by atoms with Crippen LogP contribution in [0.1, 0.15) is 19.4 Å². The lowest BCUT2D eigenvalue weighted by Crippen LogP contribution is -2.42. The molecule has 36 heavy (non-hydrogen) atoms. The summed E-state index contributed by atoms with van der Waals surface area (Å²) in [6.45, 7) is 0.989. The van der Waals surface area contributed by atoms with Crippen LogP contribution in [0, 0.1) is 5.92 Å². The van der Waals surface area contributed by atoms with Crippen LogP contribution in [0.3, 0.4) is 0 Å². The summed E-state index contributed by atoms with van der Waals surface area (Å²) in [5, 5.41) is 6.50. The Balaban J connectivity index is 1.53. The fourth-order valence-electron chi connectivity index (χ4n) is 4.62. The van der Waals surface area contributed by atoms with Crippen molar-refractivity contribution in [3.8, 4) is 0 Å². The molecule has 2 atom stereocenters. The Labute approximate surface area is 203 Å². The average Bonchev–Trinajstić information content (AvgIpc) is 3.58.